The van der Waals surface area contributed by atoms with Gasteiger partial charge in [0.05, 0.1) is 26.0 Å². The summed E-state index contributed by atoms with van der Waals surface area (Å²) < 4.78 is 17.1. The van der Waals surface area contributed by atoms with Crippen LogP contribution in [0.3, 0.4) is 0 Å². The molecule has 0 radical (unpaired) electrons. The van der Waals surface area contributed by atoms with Gasteiger partial charge in [0.2, 0.25) is 0 Å². The third-order valence-corrected chi connectivity index (χ3v) is 6.82. The van der Waals surface area contributed by atoms with E-state index >= 15 is 0 Å². The fourth-order valence-corrected chi connectivity index (χ4v) is 4.69. The number of nitrogens with zero attached hydrogens (tertiary/aromatic N) is 2. The van der Waals surface area contributed by atoms with Crippen molar-refractivity contribution in [1.29, 1.82) is 0 Å². The van der Waals surface area contributed by atoms with E-state index in [4.69, 9.17) is 14.2 Å². The molecule has 4 rings (SSSR count). The second-order valence-corrected chi connectivity index (χ2v) is 10.5. The van der Waals surface area contributed by atoms with Gasteiger partial charge in [-0.25, -0.2) is 0 Å². The van der Waals surface area contributed by atoms with Crippen LogP contribution in [0.1, 0.15) is 37.5 Å². The van der Waals surface area contributed by atoms with Gasteiger partial charge in [0.25, 0.3) is 5.91 Å². The van der Waals surface area contributed by atoms with Crippen LogP contribution < -0.4 is 14.8 Å². The monoisotopic (exact) mass is 519 g/mol. The Bertz CT molecular complexity index is 1320. The van der Waals surface area contributed by atoms with Gasteiger partial charge in [0.15, 0.2) is 5.71 Å². The molecule has 3 aromatic carbocycles. The first-order valence-corrected chi connectivity index (χ1v) is 12.9. The van der Waals surface area contributed by atoms with Crippen molar-refractivity contribution >= 4 is 28.1 Å². The highest BCUT2D eigenvalue weighted by Gasteiger charge is 2.23. The molecule has 38 heavy (non-hydrogen) atoms. The van der Waals surface area contributed by atoms with E-state index in [2.05, 4.69) is 42.2 Å². The lowest BCUT2D eigenvalue weighted by Gasteiger charge is -2.26. The summed E-state index contributed by atoms with van der Waals surface area (Å²) in [6, 6.07) is 15.2. The molecule has 0 bridgehead atoms. The van der Waals surface area contributed by atoms with E-state index in [0.717, 1.165) is 54.7 Å². The molecule has 8 heteroatoms. The van der Waals surface area contributed by atoms with E-state index < -0.39 is 5.91 Å². The van der Waals surface area contributed by atoms with Crippen LogP contribution in [0.2, 0.25) is 0 Å². The minimum atomic E-state index is -0.539. The molecular formula is C30H37N3O5. The van der Waals surface area contributed by atoms with E-state index in [9.17, 15) is 10.0 Å². The van der Waals surface area contributed by atoms with Gasteiger partial charge in [0.1, 0.15) is 18.1 Å². The summed E-state index contributed by atoms with van der Waals surface area (Å²) in [6.07, 6.45) is 0. The van der Waals surface area contributed by atoms with E-state index in [0.29, 0.717) is 29.4 Å². The number of fused-ring (bicyclic) bond motifs is 1. The van der Waals surface area contributed by atoms with E-state index in [1.165, 1.54) is 0 Å². The van der Waals surface area contributed by atoms with Gasteiger partial charge in [-0.2, -0.15) is 0 Å². The first-order valence-electron chi connectivity index (χ1n) is 12.9. The minimum absolute atomic E-state index is 0.0954. The van der Waals surface area contributed by atoms with Crippen molar-refractivity contribution in [2.45, 2.75) is 33.1 Å². The van der Waals surface area contributed by atoms with Gasteiger partial charge in [0, 0.05) is 30.6 Å². The molecule has 1 heterocycles. The molecule has 8 nitrogen and oxygen atoms in total. The smallest absolute Gasteiger partial charge is 0.278 e. The van der Waals surface area contributed by atoms with Crippen molar-refractivity contribution in [3.05, 3.63) is 65.2 Å². The zero-order valence-electron chi connectivity index (χ0n) is 22.8. The van der Waals surface area contributed by atoms with Crippen LogP contribution in [0.25, 0.3) is 10.8 Å². The normalized spacial score (nSPS) is 14.9. The van der Waals surface area contributed by atoms with Crippen LogP contribution in [0.15, 0.2) is 53.7 Å². The Morgan fingerprint density at radius 3 is 2.47 bits per heavy atom. The molecule has 0 atom stereocenters. The van der Waals surface area contributed by atoms with Crippen molar-refractivity contribution in [2.75, 3.05) is 51.9 Å². The summed E-state index contributed by atoms with van der Waals surface area (Å²) in [5.41, 5.74) is 2.76. The second kappa shape index (κ2) is 11.8. The number of benzene rings is 3. The van der Waals surface area contributed by atoms with Gasteiger partial charge in [-0.15, -0.1) is 0 Å². The van der Waals surface area contributed by atoms with Crippen molar-refractivity contribution in [2.24, 2.45) is 5.16 Å². The van der Waals surface area contributed by atoms with Gasteiger partial charge >= 0.3 is 0 Å². The molecule has 1 fully saturated rings. The molecular weight excluding hydrogens is 482 g/mol. The molecule has 1 saturated heterocycles. The van der Waals surface area contributed by atoms with Gasteiger partial charge in [-0.1, -0.05) is 56.3 Å². The number of rotatable bonds is 8. The van der Waals surface area contributed by atoms with Crippen molar-refractivity contribution < 1.29 is 24.2 Å². The molecule has 1 amide bonds. The largest absolute Gasteiger partial charge is 0.494 e. The fourth-order valence-electron chi connectivity index (χ4n) is 4.69. The number of anilines is 1. The van der Waals surface area contributed by atoms with E-state index in [1.54, 1.807) is 13.2 Å². The van der Waals surface area contributed by atoms with Crippen molar-refractivity contribution in [3.63, 3.8) is 0 Å². The minimum Gasteiger partial charge on any atom is -0.494 e. The van der Waals surface area contributed by atoms with Crippen LogP contribution in [0, 0.1) is 6.92 Å². The predicted octanol–water partition coefficient (Wildman–Crippen LogP) is 4.98. The molecule has 0 spiro atoms. The Morgan fingerprint density at radius 1 is 1.11 bits per heavy atom. The number of carbonyl (C=O) groups is 1. The lowest BCUT2D eigenvalue weighted by molar-refractivity contribution is -0.110. The molecule has 0 aromatic heterocycles. The maximum atomic E-state index is 13.5. The molecule has 0 saturated carbocycles. The average Bonchev–Trinajstić information content (AvgIpc) is 2.90. The van der Waals surface area contributed by atoms with Crippen LogP contribution >= 0.6 is 0 Å². The molecule has 1 aliphatic rings. The summed E-state index contributed by atoms with van der Waals surface area (Å²) in [5, 5.41) is 17.9. The lowest BCUT2D eigenvalue weighted by atomic mass is 9.85. The number of aryl methyl sites for hydroxylation is 1. The molecule has 1 aliphatic heterocycles. The van der Waals surface area contributed by atoms with Crippen LogP contribution in [0.4, 0.5) is 5.69 Å². The summed E-state index contributed by atoms with van der Waals surface area (Å²) in [6.45, 7) is 12.9. The summed E-state index contributed by atoms with van der Waals surface area (Å²) in [7, 11) is 1.57. The first kappa shape index (κ1) is 27.4. The number of hydrogen-bond donors (Lipinski definition) is 2. The van der Waals surface area contributed by atoms with Gasteiger partial charge in [-0.05, 0) is 47.1 Å². The number of methoxy groups -OCH3 is 1. The highest BCUT2D eigenvalue weighted by atomic mass is 16.5. The Hall–Kier alpha value is -3.62. The predicted molar refractivity (Wildman–Crippen MR) is 150 cm³/mol. The SMILES string of the molecule is COc1c(C)cc(C(C)(C)C)cc1NC(=O)C(=NO)c1ccc(OCCN2CCOCC2)c2ccccc12. The highest BCUT2D eigenvalue weighted by molar-refractivity contribution is 6.50. The standard InChI is InChI=1S/C30H37N3O5/c1-20-18-21(30(2,3)4)19-25(28(20)36-5)31-29(34)27(32-35)24-10-11-26(23-9-7-6-8-22(23)24)38-17-14-33-12-15-37-16-13-33/h6-11,18-19,35H,12-17H2,1-5H3,(H,31,34). The number of ether oxygens (including phenoxy) is 3. The fraction of sp³-hybridized carbons (Fsp3) is 0.400. The Morgan fingerprint density at radius 2 is 1.82 bits per heavy atom. The number of oxime groups is 1. The number of carbonyl (C=O) groups excluding carboxylic acids is 1. The average molecular weight is 520 g/mol. The summed E-state index contributed by atoms with van der Waals surface area (Å²) in [5.74, 6) is 0.741. The Balaban J connectivity index is 1.60. The number of amides is 1. The lowest BCUT2D eigenvalue weighted by Crippen LogP contribution is -2.38. The molecule has 2 N–H and O–H groups in total. The van der Waals surface area contributed by atoms with E-state index in [-0.39, 0.29) is 11.1 Å². The number of nitrogens with one attached hydrogen (secondary N) is 1. The third-order valence-electron chi connectivity index (χ3n) is 6.82. The second-order valence-electron chi connectivity index (χ2n) is 10.5. The zero-order valence-corrected chi connectivity index (χ0v) is 22.8. The molecule has 3 aromatic rings. The third kappa shape index (κ3) is 6.09. The number of hydrogen-bond acceptors (Lipinski definition) is 7. The maximum absolute atomic E-state index is 13.5. The molecule has 202 valence electrons. The topological polar surface area (TPSA) is 92.6 Å². The highest BCUT2D eigenvalue weighted by Crippen LogP contribution is 2.35. The Kier molecular flexibility index (Phi) is 8.54. The summed E-state index contributed by atoms with van der Waals surface area (Å²) in [4.78, 5) is 15.8. The summed E-state index contributed by atoms with van der Waals surface area (Å²) >= 11 is 0. The van der Waals surface area contributed by atoms with Crippen LogP contribution in [-0.2, 0) is 14.9 Å². The number of morpholine rings is 1. The Labute approximate surface area is 224 Å². The molecule has 0 unspecified atom stereocenters. The van der Waals surface area contributed by atoms with Crippen molar-refractivity contribution in [1.82, 2.24) is 4.90 Å². The van der Waals surface area contributed by atoms with Crippen LogP contribution in [0.5, 0.6) is 11.5 Å². The van der Waals surface area contributed by atoms with E-state index in [1.807, 2.05) is 43.3 Å². The first-order chi connectivity index (χ1) is 18.2. The quantitative estimate of drug-likeness (QED) is 0.248. The van der Waals surface area contributed by atoms with Gasteiger partial charge < -0.3 is 24.7 Å². The van der Waals surface area contributed by atoms with Crippen LogP contribution in [-0.4, -0.2) is 68.3 Å². The molecule has 0 aliphatic carbocycles. The zero-order chi connectivity index (χ0) is 27.3. The van der Waals surface area contributed by atoms with Crippen molar-refractivity contribution in [3.8, 4) is 11.5 Å². The van der Waals surface area contributed by atoms with Gasteiger partial charge in [-0.3, -0.25) is 9.69 Å². The maximum Gasteiger partial charge on any atom is 0.278 e.